The van der Waals surface area contributed by atoms with Crippen molar-refractivity contribution in [1.29, 1.82) is 0 Å². The van der Waals surface area contributed by atoms with Crippen LogP contribution in [-0.4, -0.2) is 16.0 Å². The average Bonchev–Trinajstić information content (AvgIpc) is 2.94. The number of nitrogens with zero attached hydrogens (tertiary/aromatic N) is 2. The third kappa shape index (κ3) is 3.18. The number of aromatic nitrogens is 2. The molecule has 4 heteroatoms. The van der Waals surface area contributed by atoms with Crippen LogP contribution in [0.15, 0.2) is 10.7 Å². The fourth-order valence-electron chi connectivity index (χ4n) is 1.89. The second-order valence-electron chi connectivity index (χ2n) is 5.80. The van der Waals surface area contributed by atoms with Crippen LogP contribution >= 0.6 is 15.9 Å². The predicted molar refractivity (Wildman–Crippen MR) is 74.2 cm³/mol. The number of rotatable bonds is 3. The van der Waals surface area contributed by atoms with E-state index in [1.807, 2.05) is 6.07 Å². The van der Waals surface area contributed by atoms with Gasteiger partial charge in [0.2, 0.25) is 0 Å². The molecule has 0 spiro atoms. The Hall–Kier alpha value is -0.640. The summed E-state index contributed by atoms with van der Waals surface area (Å²) < 4.78 is 0.855. The zero-order valence-corrected chi connectivity index (χ0v) is 12.5. The topological polar surface area (TPSA) is 37.8 Å². The van der Waals surface area contributed by atoms with Crippen molar-refractivity contribution >= 4 is 21.7 Å². The zero-order valence-electron chi connectivity index (χ0n) is 10.9. The first-order valence-corrected chi connectivity index (χ1v) is 7.01. The van der Waals surface area contributed by atoms with E-state index in [1.54, 1.807) is 0 Å². The van der Waals surface area contributed by atoms with Crippen molar-refractivity contribution in [3.05, 3.63) is 16.5 Å². The molecule has 0 radical (unpaired) electrons. The largest absolute Gasteiger partial charge is 0.367 e. The van der Waals surface area contributed by atoms with E-state index in [2.05, 4.69) is 58.9 Å². The van der Waals surface area contributed by atoms with Gasteiger partial charge < -0.3 is 5.32 Å². The summed E-state index contributed by atoms with van der Waals surface area (Å²) in [5, 5.41) is 3.49. The Morgan fingerprint density at radius 2 is 2.12 bits per heavy atom. The Morgan fingerprint density at radius 3 is 2.65 bits per heavy atom. The fourth-order valence-corrected chi connectivity index (χ4v) is 2.28. The normalized spacial score (nSPS) is 23.6. The molecule has 1 fully saturated rings. The van der Waals surface area contributed by atoms with Gasteiger partial charge in [-0.3, -0.25) is 0 Å². The summed E-state index contributed by atoms with van der Waals surface area (Å²) in [6.07, 6.45) is 2.51. The van der Waals surface area contributed by atoms with Crippen LogP contribution in [0.4, 0.5) is 5.82 Å². The number of nitrogens with one attached hydrogen (secondary N) is 1. The van der Waals surface area contributed by atoms with Crippen molar-refractivity contribution in [2.24, 2.45) is 5.92 Å². The van der Waals surface area contributed by atoms with Crippen molar-refractivity contribution in [3.63, 3.8) is 0 Å². The van der Waals surface area contributed by atoms with Crippen LogP contribution in [0.5, 0.6) is 0 Å². The quantitative estimate of drug-likeness (QED) is 0.864. The summed E-state index contributed by atoms with van der Waals surface area (Å²) in [6.45, 7) is 8.63. The van der Waals surface area contributed by atoms with Crippen molar-refractivity contribution in [2.45, 2.75) is 52.0 Å². The Kier molecular flexibility index (Phi) is 3.43. The minimum Gasteiger partial charge on any atom is -0.367 e. The van der Waals surface area contributed by atoms with E-state index in [0.29, 0.717) is 6.04 Å². The van der Waals surface area contributed by atoms with E-state index in [9.17, 15) is 0 Å². The summed E-state index contributed by atoms with van der Waals surface area (Å²) in [5.41, 5.74) is -0.0199. The van der Waals surface area contributed by atoms with E-state index in [-0.39, 0.29) is 5.41 Å². The molecule has 1 heterocycles. The number of hydrogen-bond donors (Lipinski definition) is 1. The minimum absolute atomic E-state index is 0.0199. The highest BCUT2D eigenvalue weighted by atomic mass is 79.9. The molecule has 0 aliphatic heterocycles. The molecule has 0 bridgehead atoms. The Bertz CT molecular complexity index is 412. The molecule has 1 aliphatic carbocycles. The molecule has 17 heavy (non-hydrogen) atoms. The molecule has 94 valence electrons. The molecule has 3 nitrogen and oxygen atoms in total. The van der Waals surface area contributed by atoms with Gasteiger partial charge in [-0.2, -0.15) is 0 Å². The van der Waals surface area contributed by atoms with E-state index in [4.69, 9.17) is 0 Å². The number of hydrogen-bond acceptors (Lipinski definition) is 3. The van der Waals surface area contributed by atoms with Crippen molar-refractivity contribution in [1.82, 2.24) is 9.97 Å². The first-order valence-electron chi connectivity index (χ1n) is 6.21. The van der Waals surface area contributed by atoms with Crippen molar-refractivity contribution in [2.75, 3.05) is 5.32 Å². The lowest BCUT2D eigenvalue weighted by molar-refractivity contribution is 0.544. The number of halogens is 1. The van der Waals surface area contributed by atoms with E-state index >= 15 is 0 Å². The maximum absolute atomic E-state index is 4.60. The first-order chi connectivity index (χ1) is 7.90. The highest BCUT2D eigenvalue weighted by Crippen LogP contribution is 2.36. The molecule has 1 aromatic rings. The van der Waals surface area contributed by atoms with Crippen LogP contribution in [-0.2, 0) is 5.41 Å². The third-order valence-corrected chi connectivity index (χ3v) is 3.55. The fraction of sp³-hybridized carbons (Fsp3) is 0.692. The molecule has 2 rings (SSSR count). The molecule has 2 unspecified atom stereocenters. The molecule has 0 amide bonds. The second-order valence-corrected chi connectivity index (χ2v) is 6.62. The van der Waals surface area contributed by atoms with Crippen LogP contribution in [0.3, 0.4) is 0 Å². The molecule has 2 atom stereocenters. The van der Waals surface area contributed by atoms with Gasteiger partial charge in [-0.1, -0.05) is 34.1 Å². The highest BCUT2D eigenvalue weighted by Gasteiger charge is 2.35. The van der Waals surface area contributed by atoms with Gasteiger partial charge in [0.25, 0.3) is 0 Å². The maximum atomic E-state index is 4.60. The van der Waals surface area contributed by atoms with E-state index < -0.39 is 0 Å². The van der Waals surface area contributed by atoms with E-state index in [1.165, 1.54) is 12.8 Å². The van der Waals surface area contributed by atoms with Gasteiger partial charge in [0.05, 0.1) is 0 Å². The van der Waals surface area contributed by atoms with Gasteiger partial charge in [0, 0.05) is 17.5 Å². The lowest BCUT2D eigenvalue weighted by Crippen LogP contribution is -2.18. The summed E-state index contributed by atoms with van der Waals surface area (Å²) in [6, 6.07) is 2.56. The highest BCUT2D eigenvalue weighted by molar-refractivity contribution is 9.10. The van der Waals surface area contributed by atoms with Crippen LogP contribution in [0.25, 0.3) is 0 Å². The predicted octanol–water partition coefficient (Wildman–Crippen LogP) is 3.75. The molecule has 0 aromatic carbocycles. The van der Waals surface area contributed by atoms with Gasteiger partial charge in [-0.25, -0.2) is 9.97 Å². The average molecular weight is 298 g/mol. The molecule has 1 saturated carbocycles. The lowest BCUT2D eigenvalue weighted by Gasteiger charge is -2.18. The van der Waals surface area contributed by atoms with Gasteiger partial charge in [-0.15, -0.1) is 0 Å². The molecular weight excluding hydrogens is 278 g/mol. The monoisotopic (exact) mass is 297 g/mol. The second kappa shape index (κ2) is 4.56. The Balaban J connectivity index is 2.15. The molecule has 1 aromatic heterocycles. The van der Waals surface area contributed by atoms with Gasteiger partial charge in [0.1, 0.15) is 16.2 Å². The summed E-state index contributed by atoms with van der Waals surface area (Å²) >= 11 is 3.46. The van der Waals surface area contributed by atoms with Gasteiger partial charge >= 0.3 is 0 Å². The van der Waals surface area contributed by atoms with Crippen LogP contribution in [0, 0.1) is 5.92 Å². The number of anilines is 1. The van der Waals surface area contributed by atoms with E-state index in [0.717, 1.165) is 22.2 Å². The molecule has 1 N–H and O–H groups in total. The smallest absolute Gasteiger partial charge is 0.137 e. The van der Waals surface area contributed by atoms with Crippen LogP contribution < -0.4 is 5.32 Å². The third-order valence-electron chi connectivity index (χ3n) is 3.15. The van der Waals surface area contributed by atoms with Crippen LogP contribution in [0.2, 0.25) is 0 Å². The van der Waals surface area contributed by atoms with Crippen molar-refractivity contribution < 1.29 is 0 Å². The SMILES string of the molecule is CCC1CC1Nc1cc(Br)nc(C(C)(C)C)n1. The lowest BCUT2D eigenvalue weighted by atomic mass is 9.96. The minimum atomic E-state index is -0.0199. The molecule has 1 aliphatic rings. The Labute approximate surface area is 112 Å². The van der Waals surface area contributed by atoms with Gasteiger partial charge in [0.15, 0.2) is 0 Å². The molecular formula is C13H20BrN3. The summed E-state index contributed by atoms with van der Waals surface area (Å²) in [4.78, 5) is 9.04. The standard InChI is InChI=1S/C13H20BrN3/c1-5-8-6-9(8)15-11-7-10(14)16-12(17-11)13(2,3)4/h7-9H,5-6H2,1-4H3,(H,15,16,17). The zero-order chi connectivity index (χ0) is 12.6. The van der Waals surface area contributed by atoms with Crippen molar-refractivity contribution in [3.8, 4) is 0 Å². The Morgan fingerprint density at radius 1 is 1.41 bits per heavy atom. The summed E-state index contributed by atoms with van der Waals surface area (Å²) in [5.74, 6) is 2.64. The summed E-state index contributed by atoms with van der Waals surface area (Å²) in [7, 11) is 0. The maximum Gasteiger partial charge on any atom is 0.137 e. The first kappa shape index (κ1) is 12.8. The molecule has 0 saturated heterocycles. The van der Waals surface area contributed by atoms with Gasteiger partial charge in [-0.05, 0) is 28.3 Å². The van der Waals surface area contributed by atoms with Crippen LogP contribution in [0.1, 0.15) is 46.4 Å².